The third kappa shape index (κ3) is 3.07. The first-order valence-electron chi connectivity index (χ1n) is 5.85. The van der Waals surface area contributed by atoms with Crippen LogP contribution < -0.4 is 4.18 Å². The minimum absolute atomic E-state index is 0.158. The molecule has 0 aromatic heterocycles. The van der Waals surface area contributed by atoms with Crippen LogP contribution in [0.3, 0.4) is 0 Å². The van der Waals surface area contributed by atoms with Crippen molar-refractivity contribution in [3.63, 3.8) is 0 Å². The summed E-state index contributed by atoms with van der Waals surface area (Å²) in [6, 6.07) is 1.92. The highest BCUT2D eigenvalue weighted by Crippen LogP contribution is 2.42. The Morgan fingerprint density at radius 1 is 1.14 bits per heavy atom. The predicted octanol–water partition coefficient (Wildman–Crippen LogP) is 3.36. The number of aryl methyl sites for hydroxylation is 2. The summed E-state index contributed by atoms with van der Waals surface area (Å²) < 4.78 is 80.0. The van der Waals surface area contributed by atoms with Crippen molar-refractivity contribution in [1.29, 1.82) is 0 Å². The van der Waals surface area contributed by atoms with Crippen molar-refractivity contribution in [1.82, 2.24) is 0 Å². The quantitative estimate of drug-likeness (QED) is 0.664. The lowest BCUT2D eigenvalue weighted by Gasteiger charge is -2.24. The molecule has 0 amide bonds. The van der Waals surface area contributed by atoms with Gasteiger partial charge in [0, 0.05) is 6.42 Å². The van der Waals surface area contributed by atoms with E-state index in [2.05, 4.69) is 4.18 Å². The number of hydrogen-bond donors (Lipinski definition) is 1. The van der Waals surface area contributed by atoms with Crippen molar-refractivity contribution >= 4 is 10.1 Å². The minimum Gasteiger partial charge on any atom is -0.507 e. The van der Waals surface area contributed by atoms with Crippen LogP contribution in [0.2, 0.25) is 0 Å². The molecule has 0 bridgehead atoms. The molecular formula is C12H14F4O4S. The minimum atomic E-state index is -5.89. The Morgan fingerprint density at radius 2 is 1.57 bits per heavy atom. The molecule has 0 atom stereocenters. The molecule has 120 valence electrons. The monoisotopic (exact) mass is 330 g/mol. The highest BCUT2D eigenvalue weighted by atomic mass is 32.2. The van der Waals surface area contributed by atoms with E-state index in [1.165, 1.54) is 13.8 Å². The predicted molar refractivity (Wildman–Crippen MR) is 67.3 cm³/mol. The van der Waals surface area contributed by atoms with Crippen LogP contribution in [0.25, 0.3) is 0 Å². The number of aromatic hydroxyl groups is 1. The molecule has 0 fully saturated rings. The fourth-order valence-corrected chi connectivity index (χ4v) is 2.50. The Labute approximate surface area is 119 Å². The zero-order chi connectivity index (χ0) is 16.6. The van der Waals surface area contributed by atoms with Crippen LogP contribution >= 0.6 is 0 Å². The Balaban J connectivity index is 3.23. The summed E-state index contributed by atoms with van der Waals surface area (Å²) in [6.07, 6.45) is -1.36. The summed E-state index contributed by atoms with van der Waals surface area (Å²) >= 11 is 0. The van der Waals surface area contributed by atoms with Gasteiger partial charge >= 0.3 is 21.3 Å². The second kappa shape index (κ2) is 5.36. The van der Waals surface area contributed by atoms with Crippen LogP contribution in [0, 0.1) is 13.8 Å². The lowest BCUT2D eigenvalue weighted by atomic mass is 10.1. The van der Waals surface area contributed by atoms with Crippen LogP contribution in [-0.4, -0.2) is 24.7 Å². The molecule has 1 aromatic rings. The number of rotatable bonds is 5. The van der Waals surface area contributed by atoms with Crippen LogP contribution in [0.15, 0.2) is 12.1 Å². The number of alkyl halides is 4. The van der Waals surface area contributed by atoms with E-state index in [1.54, 1.807) is 0 Å². The Bertz CT molecular complexity index is 618. The number of benzene rings is 1. The van der Waals surface area contributed by atoms with Crippen molar-refractivity contribution < 1.29 is 35.3 Å². The van der Waals surface area contributed by atoms with Gasteiger partial charge in [-0.25, -0.2) is 0 Å². The molecule has 9 heteroatoms. The zero-order valence-electron chi connectivity index (χ0n) is 11.5. The van der Waals surface area contributed by atoms with Gasteiger partial charge in [0.25, 0.3) is 0 Å². The van der Waals surface area contributed by atoms with Gasteiger partial charge in [-0.3, -0.25) is 0 Å². The molecule has 0 aliphatic heterocycles. The fourth-order valence-electron chi connectivity index (χ4n) is 1.53. The van der Waals surface area contributed by atoms with E-state index in [-0.39, 0.29) is 16.9 Å². The number of halogens is 4. The lowest BCUT2D eigenvalue weighted by Crippen LogP contribution is -2.48. The number of phenolic OH excluding ortho intramolecular Hbond substituents is 1. The van der Waals surface area contributed by atoms with Gasteiger partial charge in [0.1, 0.15) is 11.5 Å². The van der Waals surface area contributed by atoms with Gasteiger partial charge in [-0.05, 0) is 37.1 Å². The van der Waals surface area contributed by atoms with E-state index in [1.807, 2.05) is 0 Å². The van der Waals surface area contributed by atoms with Gasteiger partial charge in [-0.2, -0.15) is 26.0 Å². The van der Waals surface area contributed by atoms with Crippen molar-refractivity contribution in [2.24, 2.45) is 0 Å². The van der Waals surface area contributed by atoms with Crippen LogP contribution in [-0.2, 0) is 10.1 Å². The SMILES string of the molecule is CCC(F)(F)C(F)(F)S(=O)(=O)Oc1cc(C)c(O)c(C)c1. The number of phenols is 1. The molecule has 0 spiro atoms. The summed E-state index contributed by atoms with van der Waals surface area (Å²) in [5.74, 6) is -5.51. The van der Waals surface area contributed by atoms with E-state index in [9.17, 15) is 31.1 Å². The van der Waals surface area contributed by atoms with Crippen LogP contribution in [0.4, 0.5) is 17.6 Å². The van der Waals surface area contributed by atoms with Crippen LogP contribution in [0.1, 0.15) is 24.5 Å². The zero-order valence-corrected chi connectivity index (χ0v) is 12.3. The van der Waals surface area contributed by atoms with Crippen molar-refractivity contribution in [2.45, 2.75) is 38.4 Å². The summed E-state index contributed by atoms with van der Waals surface area (Å²) in [4.78, 5) is 0. The van der Waals surface area contributed by atoms with Crippen molar-refractivity contribution in [3.8, 4) is 11.5 Å². The molecule has 0 saturated carbocycles. The van der Waals surface area contributed by atoms with Crippen molar-refractivity contribution in [3.05, 3.63) is 23.3 Å². The Hall–Kier alpha value is -1.51. The molecule has 0 radical (unpaired) electrons. The molecule has 0 aliphatic rings. The van der Waals surface area contributed by atoms with Gasteiger partial charge in [0.2, 0.25) is 0 Å². The van der Waals surface area contributed by atoms with Gasteiger partial charge in [-0.1, -0.05) is 6.92 Å². The third-order valence-corrected chi connectivity index (χ3v) is 4.19. The van der Waals surface area contributed by atoms with Gasteiger partial charge < -0.3 is 9.29 Å². The number of hydrogen-bond acceptors (Lipinski definition) is 4. The normalized spacial score (nSPS) is 13.3. The van der Waals surface area contributed by atoms with Crippen molar-refractivity contribution in [2.75, 3.05) is 0 Å². The van der Waals surface area contributed by atoms with E-state index < -0.39 is 33.5 Å². The largest absolute Gasteiger partial charge is 0.507 e. The summed E-state index contributed by atoms with van der Waals surface area (Å²) in [5, 5.41) is 4.12. The molecule has 0 aliphatic carbocycles. The summed E-state index contributed by atoms with van der Waals surface area (Å²) in [6.45, 7) is 3.49. The van der Waals surface area contributed by atoms with Crippen LogP contribution in [0.5, 0.6) is 11.5 Å². The first-order chi connectivity index (χ1) is 9.35. The highest BCUT2D eigenvalue weighted by molar-refractivity contribution is 7.88. The lowest BCUT2D eigenvalue weighted by molar-refractivity contribution is -0.160. The standard InChI is InChI=1S/C12H14F4O4S/c1-4-11(13,14)12(15,16)21(18,19)20-9-5-7(2)10(17)8(3)6-9/h5-6,17H,4H2,1-3H3. The van der Waals surface area contributed by atoms with E-state index in [0.717, 1.165) is 19.1 Å². The topological polar surface area (TPSA) is 63.6 Å². The van der Waals surface area contributed by atoms with Gasteiger partial charge in [-0.15, -0.1) is 0 Å². The molecule has 0 heterocycles. The molecule has 1 rings (SSSR count). The molecule has 0 saturated heterocycles. The fraction of sp³-hybridized carbons (Fsp3) is 0.500. The first-order valence-corrected chi connectivity index (χ1v) is 7.26. The maximum absolute atomic E-state index is 13.4. The van der Waals surface area contributed by atoms with Gasteiger partial charge in [0.15, 0.2) is 0 Å². The maximum atomic E-state index is 13.4. The summed E-state index contributed by atoms with van der Waals surface area (Å²) in [7, 11) is -5.89. The maximum Gasteiger partial charge on any atom is 0.442 e. The second-order valence-corrected chi connectivity index (χ2v) is 6.11. The Kier molecular flexibility index (Phi) is 4.48. The molecule has 21 heavy (non-hydrogen) atoms. The van der Waals surface area contributed by atoms with E-state index in [4.69, 9.17) is 0 Å². The highest BCUT2D eigenvalue weighted by Gasteiger charge is 2.66. The van der Waals surface area contributed by atoms with Gasteiger partial charge in [0.05, 0.1) is 0 Å². The average Bonchev–Trinajstić information content (AvgIpc) is 2.34. The first kappa shape index (κ1) is 17.5. The third-order valence-electron chi connectivity index (χ3n) is 2.85. The molecule has 1 aromatic carbocycles. The molecular weight excluding hydrogens is 316 g/mol. The smallest absolute Gasteiger partial charge is 0.442 e. The summed E-state index contributed by atoms with van der Waals surface area (Å²) in [5.41, 5.74) is 0.316. The Morgan fingerprint density at radius 3 is 1.95 bits per heavy atom. The molecule has 4 nitrogen and oxygen atoms in total. The average molecular weight is 330 g/mol. The second-order valence-electron chi connectivity index (χ2n) is 4.52. The molecule has 1 N–H and O–H groups in total. The van der Waals surface area contributed by atoms with E-state index >= 15 is 0 Å². The molecule has 0 unspecified atom stereocenters. The van der Waals surface area contributed by atoms with E-state index in [0.29, 0.717) is 0 Å².